The highest BCUT2D eigenvalue weighted by Crippen LogP contribution is 2.34. The van der Waals surface area contributed by atoms with Crippen LogP contribution in [0.4, 0.5) is 0 Å². The molecule has 2 atom stereocenters. The zero-order valence-corrected chi connectivity index (χ0v) is 11.7. The van der Waals surface area contributed by atoms with Crippen LogP contribution in [-0.4, -0.2) is 29.1 Å². The molecule has 0 radical (unpaired) electrons. The van der Waals surface area contributed by atoms with Gasteiger partial charge in [-0.15, -0.1) is 0 Å². The Morgan fingerprint density at radius 2 is 2.05 bits per heavy atom. The first-order chi connectivity index (χ1) is 9.56. The summed E-state index contributed by atoms with van der Waals surface area (Å²) in [7, 11) is 0. The minimum atomic E-state index is -0.703. The van der Waals surface area contributed by atoms with Gasteiger partial charge in [-0.05, 0) is 25.0 Å². The number of fused-ring (bicyclic) bond motifs is 1. The molecule has 106 valence electrons. The predicted molar refractivity (Wildman–Crippen MR) is 76.5 cm³/mol. The monoisotopic (exact) mass is 273 g/mol. The van der Waals surface area contributed by atoms with Gasteiger partial charge in [0.25, 0.3) is 0 Å². The molecule has 0 bridgehead atoms. The molecule has 1 N–H and O–H groups in total. The van der Waals surface area contributed by atoms with Crippen LogP contribution in [0.2, 0.25) is 0 Å². The Labute approximate surface area is 118 Å². The smallest absolute Gasteiger partial charge is 0.306 e. The molecule has 2 unspecified atom stereocenters. The van der Waals surface area contributed by atoms with E-state index in [1.54, 1.807) is 6.92 Å². The van der Waals surface area contributed by atoms with Crippen LogP contribution in [0, 0.1) is 11.8 Å². The zero-order chi connectivity index (χ0) is 14.3. The van der Waals surface area contributed by atoms with E-state index in [0.717, 1.165) is 29.8 Å². The van der Waals surface area contributed by atoms with Crippen molar-refractivity contribution < 1.29 is 14.3 Å². The van der Waals surface area contributed by atoms with Gasteiger partial charge >= 0.3 is 5.97 Å². The molecule has 1 aliphatic rings. The Bertz CT molecular complexity index is 594. The number of rotatable bonds is 4. The van der Waals surface area contributed by atoms with Crippen molar-refractivity contribution in [3.63, 3.8) is 0 Å². The SMILES string of the molecule is CC(C(=O)O)C1CN(C(C)c2cc3ccccc3o2)C1. The summed E-state index contributed by atoms with van der Waals surface area (Å²) in [5.41, 5.74) is 0.908. The van der Waals surface area contributed by atoms with Crippen LogP contribution in [-0.2, 0) is 4.79 Å². The van der Waals surface area contributed by atoms with E-state index in [0.29, 0.717) is 0 Å². The molecule has 3 rings (SSSR count). The summed E-state index contributed by atoms with van der Waals surface area (Å²) in [5, 5.41) is 10.1. The molecule has 0 amide bonds. The molecule has 0 saturated carbocycles. The molecular weight excluding hydrogens is 254 g/mol. The Morgan fingerprint density at radius 3 is 2.70 bits per heavy atom. The predicted octanol–water partition coefficient (Wildman–Crippen LogP) is 3.15. The number of carboxylic acid groups (broad SMARTS) is 1. The van der Waals surface area contributed by atoms with E-state index in [1.165, 1.54) is 0 Å². The fourth-order valence-corrected chi connectivity index (χ4v) is 2.77. The van der Waals surface area contributed by atoms with Gasteiger partial charge in [0.05, 0.1) is 12.0 Å². The summed E-state index contributed by atoms with van der Waals surface area (Å²) in [6, 6.07) is 10.3. The molecule has 4 nitrogen and oxygen atoms in total. The lowest BCUT2D eigenvalue weighted by Gasteiger charge is -2.44. The third kappa shape index (κ3) is 2.20. The number of hydrogen-bond acceptors (Lipinski definition) is 3. The number of para-hydroxylation sites is 1. The number of carbonyl (C=O) groups is 1. The number of furan rings is 1. The number of nitrogens with zero attached hydrogens (tertiary/aromatic N) is 1. The van der Waals surface area contributed by atoms with E-state index < -0.39 is 5.97 Å². The van der Waals surface area contributed by atoms with Gasteiger partial charge in [-0.1, -0.05) is 25.1 Å². The van der Waals surface area contributed by atoms with E-state index in [-0.39, 0.29) is 17.9 Å². The van der Waals surface area contributed by atoms with E-state index in [1.807, 2.05) is 24.3 Å². The fourth-order valence-electron chi connectivity index (χ4n) is 2.77. The third-order valence-electron chi connectivity index (χ3n) is 4.44. The normalized spacial score (nSPS) is 19.7. The molecule has 1 aromatic heterocycles. The van der Waals surface area contributed by atoms with E-state index in [2.05, 4.69) is 17.9 Å². The Kier molecular flexibility index (Phi) is 3.26. The van der Waals surface area contributed by atoms with Crippen LogP contribution < -0.4 is 0 Å². The minimum absolute atomic E-state index is 0.194. The van der Waals surface area contributed by atoms with E-state index in [4.69, 9.17) is 9.52 Å². The van der Waals surface area contributed by atoms with Crippen molar-refractivity contribution in [1.82, 2.24) is 4.90 Å². The Balaban J connectivity index is 1.68. The zero-order valence-electron chi connectivity index (χ0n) is 11.7. The highest BCUT2D eigenvalue weighted by Gasteiger charge is 2.37. The molecule has 0 aliphatic carbocycles. The maximum Gasteiger partial charge on any atom is 0.306 e. The van der Waals surface area contributed by atoms with Gasteiger partial charge in [-0.25, -0.2) is 0 Å². The second-order valence-corrected chi connectivity index (χ2v) is 5.70. The Morgan fingerprint density at radius 1 is 1.35 bits per heavy atom. The lowest BCUT2D eigenvalue weighted by atomic mass is 9.86. The first-order valence-electron chi connectivity index (χ1n) is 7.01. The second-order valence-electron chi connectivity index (χ2n) is 5.70. The van der Waals surface area contributed by atoms with Crippen molar-refractivity contribution in [2.75, 3.05) is 13.1 Å². The third-order valence-corrected chi connectivity index (χ3v) is 4.44. The highest BCUT2D eigenvalue weighted by atomic mass is 16.4. The maximum atomic E-state index is 11.0. The average Bonchev–Trinajstić information content (AvgIpc) is 2.80. The molecule has 2 aromatic rings. The van der Waals surface area contributed by atoms with Gasteiger partial charge in [0, 0.05) is 18.5 Å². The summed E-state index contributed by atoms with van der Waals surface area (Å²) >= 11 is 0. The average molecular weight is 273 g/mol. The molecule has 1 aromatic carbocycles. The number of aliphatic carboxylic acids is 1. The minimum Gasteiger partial charge on any atom is -0.481 e. The quantitative estimate of drug-likeness (QED) is 0.929. The topological polar surface area (TPSA) is 53.7 Å². The number of likely N-dealkylation sites (tertiary alicyclic amines) is 1. The van der Waals surface area contributed by atoms with Gasteiger partial charge in [0.15, 0.2) is 0 Å². The van der Waals surface area contributed by atoms with Crippen molar-refractivity contribution in [3.05, 3.63) is 36.1 Å². The first-order valence-corrected chi connectivity index (χ1v) is 7.01. The van der Waals surface area contributed by atoms with Gasteiger partial charge < -0.3 is 9.52 Å². The fraction of sp³-hybridized carbons (Fsp3) is 0.438. The van der Waals surface area contributed by atoms with Crippen LogP contribution in [0.25, 0.3) is 11.0 Å². The van der Waals surface area contributed by atoms with Crippen LogP contribution in [0.5, 0.6) is 0 Å². The van der Waals surface area contributed by atoms with Gasteiger partial charge in [-0.2, -0.15) is 0 Å². The summed E-state index contributed by atoms with van der Waals surface area (Å²) in [6.45, 7) is 5.55. The Hall–Kier alpha value is -1.81. The lowest BCUT2D eigenvalue weighted by molar-refractivity contribution is -0.146. The van der Waals surface area contributed by atoms with Crippen molar-refractivity contribution in [2.24, 2.45) is 11.8 Å². The summed E-state index contributed by atoms with van der Waals surface area (Å²) < 4.78 is 5.87. The summed E-state index contributed by atoms with van der Waals surface area (Å²) in [6.07, 6.45) is 0. The molecule has 4 heteroatoms. The molecule has 1 saturated heterocycles. The molecule has 1 aliphatic heterocycles. The molecule has 20 heavy (non-hydrogen) atoms. The van der Waals surface area contributed by atoms with Crippen LogP contribution in [0.15, 0.2) is 34.7 Å². The van der Waals surface area contributed by atoms with Crippen molar-refractivity contribution >= 4 is 16.9 Å². The highest BCUT2D eigenvalue weighted by molar-refractivity contribution is 5.77. The largest absolute Gasteiger partial charge is 0.481 e. The molecular formula is C16H19NO3. The molecule has 1 fully saturated rings. The number of hydrogen-bond donors (Lipinski definition) is 1. The first kappa shape index (κ1) is 13.2. The second kappa shape index (κ2) is 4.94. The van der Waals surface area contributed by atoms with Crippen LogP contribution in [0.1, 0.15) is 25.6 Å². The van der Waals surface area contributed by atoms with Crippen LogP contribution >= 0.6 is 0 Å². The van der Waals surface area contributed by atoms with Crippen molar-refractivity contribution in [3.8, 4) is 0 Å². The maximum absolute atomic E-state index is 11.0. The van der Waals surface area contributed by atoms with Gasteiger partial charge in [0.1, 0.15) is 11.3 Å². The van der Waals surface area contributed by atoms with Crippen molar-refractivity contribution in [1.29, 1.82) is 0 Å². The van der Waals surface area contributed by atoms with Gasteiger partial charge in [0.2, 0.25) is 0 Å². The van der Waals surface area contributed by atoms with E-state index >= 15 is 0 Å². The molecule has 2 heterocycles. The van der Waals surface area contributed by atoms with Crippen molar-refractivity contribution in [2.45, 2.75) is 19.9 Å². The molecule has 0 spiro atoms. The van der Waals surface area contributed by atoms with Crippen LogP contribution in [0.3, 0.4) is 0 Å². The van der Waals surface area contributed by atoms with E-state index in [9.17, 15) is 4.79 Å². The number of carboxylic acids is 1. The standard InChI is InChI=1S/C16H19NO3/c1-10(16(18)19)13-8-17(9-13)11(2)15-7-12-5-3-4-6-14(12)20-15/h3-7,10-11,13H,8-9H2,1-2H3,(H,18,19). The lowest BCUT2D eigenvalue weighted by Crippen LogP contribution is -2.51. The number of benzene rings is 1. The summed E-state index contributed by atoms with van der Waals surface area (Å²) in [4.78, 5) is 13.2. The summed E-state index contributed by atoms with van der Waals surface area (Å²) in [5.74, 6) is 0.229. The van der Waals surface area contributed by atoms with Gasteiger partial charge in [-0.3, -0.25) is 9.69 Å².